The smallest absolute Gasteiger partial charge is 0.0584 e. The molecule has 0 bridgehead atoms. The SMILES string of the molecule is Clc1cccc2c1sc1c3ccccc3c(N(c3ccccc3)c3ccccc3)cc21. The predicted molar refractivity (Wildman–Crippen MR) is 137 cm³/mol. The fourth-order valence-corrected chi connectivity index (χ4v) is 5.85. The molecule has 0 amide bonds. The number of thiophene rings is 1. The van der Waals surface area contributed by atoms with Gasteiger partial charge < -0.3 is 4.90 Å². The summed E-state index contributed by atoms with van der Waals surface area (Å²) in [5.41, 5.74) is 3.44. The number of rotatable bonds is 3. The normalized spacial score (nSPS) is 11.4. The zero-order valence-corrected chi connectivity index (χ0v) is 18.2. The van der Waals surface area contributed by atoms with E-state index in [-0.39, 0.29) is 0 Å². The van der Waals surface area contributed by atoms with Crippen molar-refractivity contribution in [3.8, 4) is 0 Å². The van der Waals surface area contributed by atoms with Crippen LogP contribution in [0.4, 0.5) is 17.1 Å². The molecule has 0 saturated heterocycles. The first-order valence-corrected chi connectivity index (χ1v) is 11.4. The molecule has 0 aliphatic rings. The summed E-state index contributed by atoms with van der Waals surface area (Å²) >= 11 is 8.35. The number of hydrogen-bond donors (Lipinski definition) is 0. The van der Waals surface area contributed by atoms with Gasteiger partial charge in [0, 0.05) is 37.6 Å². The summed E-state index contributed by atoms with van der Waals surface area (Å²) < 4.78 is 2.43. The van der Waals surface area contributed by atoms with Crippen LogP contribution in [0.25, 0.3) is 30.9 Å². The highest BCUT2D eigenvalue weighted by molar-refractivity contribution is 7.27. The molecule has 0 saturated carbocycles. The lowest BCUT2D eigenvalue weighted by molar-refractivity contribution is 1.30. The maximum atomic E-state index is 6.57. The van der Waals surface area contributed by atoms with Gasteiger partial charge in [-0.05, 0) is 36.4 Å². The second kappa shape index (κ2) is 7.42. The van der Waals surface area contributed by atoms with Gasteiger partial charge in [0.25, 0.3) is 0 Å². The Morgan fingerprint density at radius 3 is 1.74 bits per heavy atom. The van der Waals surface area contributed by atoms with E-state index < -0.39 is 0 Å². The summed E-state index contributed by atoms with van der Waals surface area (Å²) in [5, 5.41) is 5.75. The molecule has 0 radical (unpaired) electrons. The van der Waals surface area contributed by atoms with Crippen LogP contribution in [0, 0.1) is 0 Å². The van der Waals surface area contributed by atoms with Gasteiger partial charge in [-0.15, -0.1) is 11.3 Å². The molecule has 0 N–H and O–H groups in total. The van der Waals surface area contributed by atoms with Crippen molar-refractivity contribution >= 4 is 70.9 Å². The van der Waals surface area contributed by atoms with Crippen LogP contribution in [0.1, 0.15) is 0 Å². The fraction of sp³-hybridized carbons (Fsp3) is 0. The number of halogens is 1. The van der Waals surface area contributed by atoms with Crippen LogP contribution in [0.3, 0.4) is 0 Å². The van der Waals surface area contributed by atoms with Crippen molar-refractivity contribution in [2.45, 2.75) is 0 Å². The fourth-order valence-electron chi connectivity index (χ4n) is 4.33. The van der Waals surface area contributed by atoms with Crippen LogP contribution < -0.4 is 4.90 Å². The summed E-state index contributed by atoms with van der Waals surface area (Å²) in [6, 6.07) is 38.3. The van der Waals surface area contributed by atoms with Gasteiger partial charge in [-0.2, -0.15) is 0 Å². The van der Waals surface area contributed by atoms with E-state index in [0.29, 0.717) is 0 Å². The van der Waals surface area contributed by atoms with E-state index in [1.807, 2.05) is 12.1 Å². The minimum atomic E-state index is 0.812. The highest BCUT2D eigenvalue weighted by Gasteiger charge is 2.19. The summed E-state index contributed by atoms with van der Waals surface area (Å²) in [4.78, 5) is 2.34. The number of nitrogens with zero attached hydrogens (tertiary/aromatic N) is 1. The molecule has 5 aromatic carbocycles. The van der Waals surface area contributed by atoms with Gasteiger partial charge in [0.05, 0.1) is 15.4 Å². The Hall–Kier alpha value is -3.33. The van der Waals surface area contributed by atoms with Gasteiger partial charge in [-0.1, -0.05) is 84.4 Å². The molecule has 6 aromatic rings. The molecule has 0 fully saturated rings. The van der Waals surface area contributed by atoms with Crippen LogP contribution in [0.15, 0.2) is 109 Å². The minimum absolute atomic E-state index is 0.812. The molecule has 1 aromatic heterocycles. The zero-order chi connectivity index (χ0) is 20.8. The third-order valence-electron chi connectivity index (χ3n) is 5.70. The summed E-state index contributed by atoms with van der Waals surface area (Å²) in [6.45, 7) is 0. The van der Waals surface area contributed by atoms with Gasteiger partial charge in [-0.25, -0.2) is 0 Å². The van der Waals surface area contributed by atoms with Crippen LogP contribution in [0.5, 0.6) is 0 Å². The monoisotopic (exact) mass is 435 g/mol. The molecule has 0 spiro atoms. The molecule has 1 heterocycles. The third kappa shape index (κ3) is 2.99. The van der Waals surface area contributed by atoms with Crippen molar-refractivity contribution in [2.75, 3.05) is 4.90 Å². The second-order valence-electron chi connectivity index (χ2n) is 7.54. The molecule has 1 nitrogen and oxygen atoms in total. The number of para-hydroxylation sites is 2. The average molecular weight is 436 g/mol. The van der Waals surface area contributed by atoms with E-state index in [0.717, 1.165) is 21.1 Å². The van der Waals surface area contributed by atoms with E-state index in [1.165, 1.54) is 31.9 Å². The molecule has 0 atom stereocenters. The van der Waals surface area contributed by atoms with Crippen molar-refractivity contribution in [1.29, 1.82) is 0 Å². The largest absolute Gasteiger partial charge is 0.310 e. The van der Waals surface area contributed by atoms with Crippen molar-refractivity contribution in [1.82, 2.24) is 0 Å². The van der Waals surface area contributed by atoms with Gasteiger partial charge in [0.15, 0.2) is 0 Å². The van der Waals surface area contributed by atoms with E-state index in [9.17, 15) is 0 Å². The lowest BCUT2D eigenvalue weighted by Crippen LogP contribution is -2.10. The first-order valence-electron chi connectivity index (χ1n) is 10.2. The summed E-state index contributed by atoms with van der Waals surface area (Å²) in [5.74, 6) is 0. The first-order chi connectivity index (χ1) is 15.3. The topological polar surface area (TPSA) is 3.24 Å². The Morgan fingerprint density at radius 2 is 1.06 bits per heavy atom. The molecule has 0 aliphatic carbocycles. The van der Waals surface area contributed by atoms with Crippen molar-refractivity contribution in [3.63, 3.8) is 0 Å². The Morgan fingerprint density at radius 1 is 0.516 bits per heavy atom. The summed E-state index contributed by atoms with van der Waals surface area (Å²) in [7, 11) is 0. The molecule has 6 rings (SSSR count). The molecule has 148 valence electrons. The molecule has 31 heavy (non-hydrogen) atoms. The van der Waals surface area contributed by atoms with Crippen molar-refractivity contribution in [3.05, 3.63) is 114 Å². The van der Waals surface area contributed by atoms with Crippen LogP contribution >= 0.6 is 22.9 Å². The van der Waals surface area contributed by atoms with Crippen LogP contribution in [-0.4, -0.2) is 0 Å². The lowest BCUT2D eigenvalue weighted by Gasteiger charge is -2.27. The zero-order valence-electron chi connectivity index (χ0n) is 16.6. The molecular weight excluding hydrogens is 418 g/mol. The van der Waals surface area contributed by atoms with Gasteiger partial charge in [0.1, 0.15) is 0 Å². The number of benzene rings is 5. The van der Waals surface area contributed by atoms with E-state index in [4.69, 9.17) is 11.6 Å². The second-order valence-corrected chi connectivity index (χ2v) is 8.97. The van der Waals surface area contributed by atoms with Crippen molar-refractivity contribution < 1.29 is 0 Å². The van der Waals surface area contributed by atoms with E-state index in [1.54, 1.807) is 11.3 Å². The lowest BCUT2D eigenvalue weighted by atomic mass is 10.0. The van der Waals surface area contributed by atoms with Gasteiger partial charge in [-0.3, -0.25) is 0 Å². The third-order valence-corrected chi connectivity index (χ3v) is 7.42. The van der Waals surface area contributed by atoms with Gasteiger partial charge >= 0.3 is 0 Å². The van der Waals surface area contributed by atoms with Crippen molar-refractivity contribution in [2.24, 2.45) is 0 Å². The number of hydrogen-bond acceptors (Lipinski definition) is 2. The quantitative estimate of drug-likeness (QED) is 0.267. The maximum Gasteiger partial charge on any atom is 0.0584 e. The Kier molecular flexibility index (Phi) is 4.41. The average Bonchev–Trinajstić information content (AvgIpc) is 3.21. The molecule has 0 aliphatic heterocycles. The molecule has 0 unspecified atom stereocenters. The summed E-state index contributed by atoms with van der Waals surface area (Å²) in [6.07, 6.45) is 0. The Bertz CT molecular complexity index is 1500. The maximum absolute atomic E-state index is 6.57. The Labute approximate surface area is 189 Å². The highest BCUT2D eigenvalue weighted by Crippen LogP contribution is 2.47. The van der Waals surface area contributed by atoms with Crippen LogP contribution in [-0.2, 0) is 0 Å². The number of fused-ring (bicyclic) bond motifs is 5. The van der Waals surface area contributed by atoms with E-state index in [2.05, 4.69) is 102 Å². The molecular formula is C28H18ClNS. The van der Waals surface area contributed by atoms with Crippen LogP contribution in [0.2, 0.25) is 5.02 Å². The van der Waals surface area contributed by atoms with Gasteiger partial charge in [0.2, 0.25) is 0 Å². The van der Waals surface area contributed by atoms with E-state index >= 15 is 0 Å². The predicted octanol–water partition coefficient (Wildman–Crippen LogP) is 9.33. The molecule has 3 heteroatoms. The Balaban J connectivity index is 1.76. The standard InChI is InChI=1S/C28H18ClNS/c29-25-17-9-16-23-24-18-26(21-14-7-8-15-22(21)27(24)31-28(23)25)30(19-10-3-1-4-11-19)20-12-5-2-6-13-20/h1-18H. The first kappa shape index (κ1) is 18.4. The minimum Gasteiger partial charge on any atom is -0.310 e. The highest BCUT2D eigenvalue weighted by atomic mass is 35.5. The number of anilines is 3.